The van der Waals surface area contributed by atoms with Crippen molar-refractivity contribution in [3.63, 3.8) is 0 Å². The van der Waals surface area contributed by atoms with Crippen LogP contribution in [0.4, 0.5) is 13.2 Å². The molecule has 0 radical (unpaired) electrons. The highest BCUT2D eigenvalue weighted by Gasteiger charge is 2.39. The van der Waals surface area contributed by atoms with Crippen molar-refractivity contribution >= 4 is 5.71 Å². The molecule has 0 amide bonds. The lowest BCUT2D eigenvalue weighted by molar-refractivity contribution is -0.137. The van der Waals surface area contributed by atoms with Crippen molar-refractivity contribution in [1.82, 2.24) is 20.1 Å². The third-order valence-electron chi connectivity index (χ3n) is 5.81. The number of halogens is 3. The highest BCUT2D eigenvalue weighted by Crippen LogP contribution is 2.40. The first-order valence-electron chi connectivity index (χ1n) is 11.6. The Morgan fingerprint density at radius 1 is 1.09 bits per heavy atom. The molecule has 34 heavy (non-hydrogen) atoms. The topological polar surface area (TPSA) is 55.1 Å². The van der Waals surface area contributed by atoms with Gasteiger partial charge < -0.3 is 5.32 Å². The summed E-state index contributed by atoms with van der Waals surface area (Å²) in [4.78, 5) is 4.97. The van der Waals surface area contributed by atoms with Crippen molar-refractivity contribution in [2.75, 3.05) is 6.54 Å². The van der Waals surface area contributed by atoms with E-state index in [1.165, 1.54) is 6.07 Å². The van der Waals surface area contributed by atoms with Gasteiger partial charge in [0, 0.05) is 11.1 Å². The number of fused-ring (bicyclic) bond motifs is 3. The van der Waals surface area contributed by atoms with Crippen molar-refractivity contribution in [3.8, 4) is 5.69 Å². The summed E-state index contributed by atoms with van der Waals surface area (Å²) in [6.45, 7) is 6.75. The Kier molecular flexibility index (Phi) is 7.26. The summed E-state index contributed by atoms with van der Waals surface area (Å²) in [7, 11) is 0. The molecule has 3 aromatic rings. The fourth-order valence-corrected chi connectivity index (χ4v) is 4.26. The van der Waals surface area contributed by atoms with Crippen LogP contribution in [0.1, 0.15) is 67.0 Å². The quantitative estimate of drug-likeness (QED) is 0.309. The van der Waals surface area contributed by atoms with Gasteiger partial charge in [0.25, 0.3) is 0 Å². The molecular weight excluding hydrogens is 439 g/mol. The number of benzene rings is 2. The van der Waals surface area contributed by atoms with Crippen LogP contribution in [0.2, 0.25) is 0 Å². The molecule has 0 aliphatic carbocycles. The Labute approximate surface area is 197 Å². The number of nitrogens with zero attached hydrogens (tertiary/aromatic N) is 4. The summed E-state index contributed by atoms with van der Waals surface area (Å²) in [6.07, 6.45) is 0.493. The third kappa shape index (κ3) is 4.82. The first kappa shape index (κ1) is 23.9. The van der Waals surface area contributed by atoms with Gasteiger partial charge in [0.1, 0.15) is 6.04 Å². The number of alkyl halides is 3. The minimum Gasteiger partial charge on any atom is -0.310 e. The molecular formula is C26H28F3N5. The number of unbranched alkanes of at least 4 members (excludes halogenated alkanes) is 1. The van der Waals surface area contributed by atoms with Gasteiger partial charge in [0.05, 0.1) is 23.5 Å². The van der Waals surface area contributed by atoms with E-state index in [1.54, 1.807) is 10.6 Å². The number of aromatic nitrogens is 3. The van der Waals surface area contributed by atoms with Gasteiger partial charge in [-0.25, -0.2) is 0 Å². The van der Waals surface area contributed by atoms with Crippen LogP contribution in [-0.4, -0.2) is 27.0 Å². The lowest BCUT2D eigenvalue weighted by Gasteiger charge is -2.19. The number of rotatable bonds is 9. The summed E-state index contributed by atoms with van der Waals surface area (Å²) in [6, 6.07) is 13.2. The van der Waals surface area contributed by atoms with Gasteiger partial charge >= 0.3 is 6.18 Å². The molecule has 0 saturated carbocycles. The normalized spacial score (nSPS) is 15.3. The molecule has 5 nitrogen and oxygen atoms in total. The van der Waals surface area contributed by atoms with Crippen LogP contribution in [0.25, 0.3) is 5.69 Å². The maximum Gasteiger partial charge on any atom is 0.418 e. The van der Waals surface area contributed by atoms with Gasteiger partial charge in [0.15, 0.2) is 11.6 Å². The van der Waals surface area contributed by atoms with E-state index in [4.69, 9.17) is 4.99 Å². The SMILES string of the molecule is C=CCCCNCc1nnc2n1-c1c(cccc1C(F)(F)F)C(c1ccccc1)=NC2CCC. The molecule has 1 aromatic heterocycles. The molecule has 0 saturated heterocycles. The van der Waals surface area contributed by atoms with Crippen molar-refractivity contribution in [1.29, 1.82) is 0 Å². The van der Waals surface area contributed by atoms with E-state index in [0.29, 0.717) is 42.4 Å². The van der Waals surface area contributed by atoms with Crippen LogP contribution < -0.4 is 5.32 Å². The standard InChI is InChI=1S/C26H28F3N5/c1-3-5-9-16-30-17-22-32-33-25-21(11-4-2)31-23(18-12-7-6-8-13-18)19-14-10-15-20(26(27,28)29)24(19)34(22)25/h3,6-8,10,12-15,21,30H,1,4-5,9,11,16-17H2,2H3. The molecule has 2 heterocycles. The zero-order chi connectivity index (χ0) is 24.1. The van der Waals surface area contributed by atoms with Gasteiger partial charge in [-0.05, 0) is 31.9 Å². The molecule has 2 aromatic carbocycles. The zero-order valence-electron chi connectivity index (χ0n) is 19.1. The first-order valence-corrected chi connectivity index (χ1v) is 11.6. The molecule has 1 aliphatic heterocycles. The average Bonchev–Trinajstić information content (AvgIpc) is 3.18. The second-order valence-corrected chi connectivity index (χ2v) is 8.27. The largest absolute Gasteiger partial charge is 0.418 e. The number of hydrogen-bond acceptors (Lipinski definition) is 4. The van der Waals surface area contributed by atoms with Gasteiger partial charge in [0.2, 0.25) is 0 Å². The van der Waals surface area contributed by atoms with E-state index in [0.717, 1.165) is 30.9 Å². The molecule has 0 fully saturated rings. The number of aliphatic imine (C=N–C) groups is 1. The van der Waals surface area contributed by atoms with E-state index < -0.39 is 17.8 Å². The minimum absolute atomic E-state index is 0.0408. The lowest BCUT2D eigenvalue weighted by Crippen LogP contribution is -2.21. The monoisotopic (exact) mass is 467 g/mol. The Morgan fingerprint density at radius 3 is 2.59 bits per heavy atom. The van der Waals surface area contributed by atoms with E-state index in [-0.39, 0.29) is 5.69 Å². The van der Waals surface area contributed by atoms with Crippen molar-refractivity contribution in [3.05, 3.63) is 89.5 Å². The molecule has 0 spiro atoms. The van der Waals surface area contributed by atoms with Gasteiger partial charge in [-0.1, -0.05) is 61.9 Å². The summed E-state index contributed by atoms with van der Waals surface area (Å²) in [5, 5.41) is 11.9. The van der Waals surface area contributed by atoms with E-state index >= 15 is 0 Å². The van der Waals surface area contributed by atoms with Crippen LogP contribution in [0.5, 0.6) is 0 Å². The van der Waals surface area contributed by atoms with E-state index in [2.05, 4.69) is 22.1 Å². The van der Waals surface area contributed by atoms with Crippen LogP contribution in [-0.2, 0) is 12.7 Å². The van der Waals surface area contributed by atoms with Crippen molar-refractivity contribution in [2.45, 2.75) is 51.4 Å². The summed E-state index contributed by atoms with van der Waals surface area (Å²) in [5.74, 6) is 0.880. The first-order chi connectivity index (χ1) is 16.5. The average molecular weight is 468 g/mol. The number of nitrogens with one attached hydrogen (secondary N) is 1. The highest BCUT2D eigenvalue weighted by molar-refractivity contribution is 6.15. The summed E-state index contributed by atoms with van der Waals surface area (Å²) < 4.78 is 44.4. The predicted octanol–water partition coefficient (Wildman–Crippen LogP) is 6.03. The van der Waals surface area contributed by atoms with E-state index in [9.17, 15) is 13.2 Å². The highest BCUT2D eigenvalue weighted by atomic mass is 19.4. The van der Waals surface area contributed by atoms with Crippen LogP contribution >= 0.6 is 0 Å². The molecule has 1 atom stereocenters. The predicted molar refractivity (Wildman–Crippen MR) is 127 cm³/mol. The smallest absolute Gasteiger partial charge is 0.310 e. The van der Waals surface area contributed by atoms with Gasteiger partial charge in [-0.3, -0.25) is 9.56 Å². The van der Waals surface area contributed by atoms with Crippen LogP contribution in [0.3, 0.4) is 0 Å². The number of allylic oxidation sites excluding steroid dienone is 1. The summed E-state index contributed by atoms with van der Waals surface area (Å²) >= 11 is 0. The molecule has 1 N–H and O–H groups in total. The molecule has 4 rings (SSSR count). The van der Waals surface area contributed by atoms with Crippen LogP contribution in [0.15, 0.2) is 66.2 Å². The third-order valence-corrected chi connectivity index (χ3v) is 5.81. The Bertz CT molecular complexity index is 1160. The number of hydrogen-bond donors (Lipinski definition) is 1. The molecule has 1 aliphatic rings. The molecule has 1 unspecified atom stereocenters. The summed E-state index contributed by atoms with van der Waals surface area (Å²) in [5.41, 5.74) is 1.05. The van der Waals surface area contributed by atoms with Crippen molar-refractivity contribution < 1.29 is 13.2 Å². The molecule has 0 bridgehead atoms. The fourth-order valence-electron chi connectivity index (χ4n) is 4.26. The van der Waals surface area contributed by atoms with Crippen LogP contribution in [0, 0.1) is 0 Å². The Morgan fingerprint density at radius 2 is 1.88 bits per heavy atom. The Balaban J connectivity index is 1.92. The number of para-hydroxylation sites is 1. The zero-order valence-corrected chi connectivity index (χ0v) is 19.1. The fraction of sp³-hybridized carbons (Fsp3) is 0.346. The Hall–Kier alpha value is -3.26. The van der Waals surface area contributed by atoms with Crippen molar-refractivity contribution in [2.24, 2.45) is 4.99 Å². The second kappa shape index (κ2) is 10.3. The molecule has 8 heteroatoms. The minimum atomic E-state index is -4.55. The molecule has 178 valence electrons. The van der Waals surface area contributed by atoms with E-state index in [1.807, 2.05) is 43.3 Å². The van der Waals surface area contributed by atoms with Gasteiger partial charge in [-0.2, -0.15) is 13.2 Å². The maximum atomic E-state index is 14.3. The van der Waals surface area contributed by atoms with Gasteiger partial charge in [-0.15, -0.1) is 16.8 Å². The second-order valence-electron chi connectivity index (χ2n) is 8.27. The maximum absolute atomic E-state index is 14.3. The lowest BCUT2D eigenvalue weighted by atomic mass is 9.97.